The van der Waals surface area contributed by atoms with Crippen LogP contribution in [0.3, 0.4) is 0 Å². The summed E-state index contributed by atoms with van der Waals surface area (Å²) in [4.78, 5) is 28.3. The Labute approximate surface area is 79.0 Å². The SMILES string of the molecule is O=C(O)CC1NCc2nc[nH]c(=O)c21. The summed E-state index contributed by atoms with van der Waals surface area (Å²) in [5, 5.41) is 11.5. The van der Waals surface area contributed by atoms with Gasteiger partial charge in [0.15, 0.2) is 0 Å². The first kappa shape index (κ1) is 8.89. The molecular weight excluding hydrogens is 186 g/mol. The van der Waals surface area contributed by atoms with Crippen LogP contribution in [0.25, 0.3) is 0 Å². The third kappa shape index (κ3) is 1.39. The Balaban J connectivity index is 2.38. The standard InChI is InChI=1S/C8H9N3O3/c12-6(13)1-4-7-5(2-9-4)10-3-11-8(7)14/h3-4,9H,1-2H2,(H,12,13)(H,10,11,14). The van der Waals surface area contributed by atoms with E-state index in [1.165, 1.54) is 6.33 Å². The molecule has 0 fully saturated rings. The van der Waals surface area contributed by atoms with Crippen molar-refractivity contribution in [3.63, 3.8) is 0 Å². The maximum Gasteiger partial charge on any atom is 0.305 e. The minimum Gasteiger partial charge on any atom is -0.481 e. The fourth-order valence-corrected chi connectivity index (χ4v) is 1.62. The van der Waals surface area contributed by atoms with Gasteiger partial charge in [0.1, 0.15) is 0 Å². The third-order valence-corrected chi connectivity index (χ3v) is 2.21. The minimum absolute atomic E-state index is 0.0955. The van der Waals surface area contributed by atoms with Gasteiger partial charge in [-0.15, -0.1) is 0 Å². The molecule has 2 heterocycles. The van der Waals surface area contributed by atoms with E-state index in [4.69, 9.17) is 5.11 Å². The largest absolute Gasteiger partial charge is 0.481 e. The first-order valence-corrected chi connectivity index (χ1v) is 4.20. The normalized spacial score (nSPS) is 19.3. The first-order valence-electron chi connectivity index (χ1n) is 4.20. The molecule has 1 aromatic rings. The number of H-pyrrole nitrogens is 1. The van der Waals surface area contributed by atoms with Crippen molar-refractivity contribution in [3.05, 3.63) is 27.9 Å². The summed E-state index contributed by atoms with van der Waals surface area (Å²) in [6, 6.07) is -0.417. The van der Waals surface area contributed by atoms with E-state index in [0.717, 1.165) is 0 Å². The molecule has 0 aliphatic carbocycles. The van der Waals surface area contributed by atoms with Crippen molar-refractivity contribution >= 4 is 5.97 Å². The molecule has 0 saturated carbocycles. The third-order valence-electron chi connectivity index (χ3n) is 2.21. The Bertz CT molecular complexity index is 426. The zero-order valence-corrected chi connectivity index (χ0v) is 7.28. The smallest absolute Gasteiger partial charge is 0.305 e. The molecule has 1 unspecified atom stereocenters. The number of carboxylic acids is 1. The predicted octanol–water partition coefficient (Wildman–Crippen LogP) is -0.611. The number of aliphatic carboxylic acids is 1. The van der Waals surface area contributed by atoms with Crippen molar-refractivity contribution < 1.29 is 9.90 Å². The highest BCUT2D eigenvalue weighted by atomic mass is 16.4. The van der Waals surface area contributed by atoms with Crippen LogP contribution >= 0.6 is 0 Å². The van der Waals surface area contributed by atoms with Crippen LogP contribution in [-0.4, -0.2) is 21.0 Å². The Hall–Kier alpha value is -1.69. The predicted molar refractivity (Wildman–Crippen MR) is 46.7 cm³/mol. The number of hydrogen-bond donors (Lipinski definition) is 3. The van der Waals surface area contributed by atoms with Crippen molar-refractivity contribution in [3.8, 4) is 0 Å². The molecule has 1 aromatic heterocycles. The van der Waals surface area contributed by atoms with E-state index in [1.807, 2.05) is 0 Å². The lowest BCUT2D eigenvalue weighted by atomic mass is 10.1. The van der Waals surface area contributed by atoms with Crippen molar-refractivity contribution in [2.75, 3.05) is 0 Å². The van der Waals surface area contributed by atoms with Crippen LogP contribution in [0.1, 0.15) is 23.7 Å². The van der Waals surface area contributed by atoms with E-state index >= 15 is 0 Å². The molecule has 0 saturated heterocycles. The highest BCUT2D eigenvalue weighted by Gasteiger charge is 2.27. The molecule has 1 atom stereocenters. The number of hydrogen-bond acceptors (Lipinski definition) is 4. The monoisotopic (exact) mass is 195 g/mol. The van der Waals surface area contributed by atoms with Crippen LogP contribution in [-0.2, 0) is 11.3 Å². The van der Waals surface area contributed by atoms with Gasteiger partial charge in [-0.2, -0.15) is 0 Å². The number of carboxylic acid groups (broad SMARTS) is 1. The summed E-state index contributed by atoms with van der Waals surface area (Å²) in [7, 11) is 0. The maximum atomic E-state index is 11.4. The Kier molecular flexibility index (Phi) is 2.05. The molecule has 1 aliphatic heterocycles. The van der Waals surface area contributed by atoms with Crippen LogP contribution in [0, 0.1) is 0 Å². The number of rotatable bonds is 2. The summed E-state index contributed by atoms with van der Waals surface area (Å²) in [5.74, 6) is -0.932. The maximum absolute atomic E-state index is 11.4. The van der Waals surface area contributed by atoms with Crippen molar-refractivity contribution in [2.24, 2.45) is 0 Å². The molecule has 6 nitrogen and oxygen atoms in total. The van der Waals surface area contributed by atoms with E-state index in [0.29, 0.717) is 17.8 Å². The van der Waals surface area contributed by atoms with E-state index in [9.17, 15) is 9.59 Å². The van der Waals surface area contributed by atoms with Gasteiger partial charge in [0, 0.05) is 6.54 Å². The van der Waals surface area contributed by atoms with E-state index < -0.39 is 12.0 Å². The lowest BCUT2D eigenvalue weighted by molar-refractivity contribution is -0.137. The highest BCUT2D eigenvalue weighted by Crippen LogP contribution is 2.21. The van der Waals surface area contributed by atoms with Crippen molar-refractivity contribution in [1.82, 2.24) is 15.3 Å². The molecule has 14 heavy (non-hydrogen) atoms. The van der Waals surface area contributed by atoms with E-state index in [2.05, 4.69) is 15.3 Å². The van der Waals surface area contributed by atoms with Crippen molar-refractivity contribution in [2.45, 2.75) is 19.0 Å². The molecular formula is C8H9N3O3. The topological polar surface area (TPSA) is 95.1 Å². The first-order chi connectivity index (χ1) is 6.68. The van der Waals surface area contributed by atoms with Crippen LogP contribution in [0.15, 0.2) is 11.1 Å². The zero-order chi connectivity index (χ0) is 10.1. The summed E-state index contributed by atoms with van der Waals surface area (Å²) >= 11 is 0. The summed E-state index contributed by atoms with van der Waals surface area (Å²) in [6.45, 7) is 0.456. The Morgan fingerprint density at radius 3 is 3.21 bits per heavy atom. The number of nitrogens with zero attached hydrogens (tertiary/aromatic N) is 1. The number of aromatic nitrogens is 2. The molecule has 0 amide bonds. The van der Waals surface area contributed by atoms with Gasteiger partial charge in [0.2, 0.25) is 0 Å². The van der Waals surface area contributed by atoms with E-state index in [1.54, 1.807) is 0 Å². The fourth-order valence-electron chi connectivity index (χ4n) is 1.62. The van der Waals surface area contributed by atoms with Crippen LogP contribution in [0.2, 0.25) is 0 Å². The second-order valence-corrected chi connectivity index (χ2v) is 3.12. The summed E-state index contributed by atoms with van der Waals surface area (Å²) < 4.78 is 0. The Morgan fingerprint density at radius 1 is 1.71 bits per heavy atom. The molecule has 6 heteroatoms. The molecule has 2 rings (SSSR count). The molecule has 0 radical (unpaired) electrons. The molecule has 0 bridgehead atoms. The number of fused-ring (bicyclic) bond motifs is 1. The van der Waals surface area contributed by atoms with Crippen LogP contribution < -0.4 is 10.9 Å². The average Bonchev–Trinajstić information content (AvgIpc) is 2.49. The summed E-state index contributed by atoms with van der Waals surface area (Å²) in [5.41, 5.74) is 0.834. The quantitative estimate of drug-likeness (QED) is 0.585. The molecule has 0 aromatic carbocycles. The molecule has 1 aliphatic rings. The molecule has 3 N–H and O–H groups in total. The van der Waals surface area contributed by atoms with Gasteiger partial charge < -0.3 is 15.4 Å². The lowest BCUT2D eigenvalue weighted by Gasteiger charge is -2.06. The van der Waals surface area contributed by atoms with Gasteiger partial charge in [-0.1, -0.05) is 0 Å². The van der Waals surface area contributed by atoms with Gasteiger partial charge in [-0.3, -0.25) is 9.59 Å². The van der Waals surface area contributed by atoms with Gasteiger partial charge in [0.05, 0.1) is 30.0 Å². The van der Waals surface area contributed by atoms with E-state index in [-0.39, 0.29) is 12.0 Å². The minimum atomic E-state index is -0.932. The number of carbonyl (C=O) groups is 1. The Morgan fingerprint density at radius 2 is 2.50 bits per heavy atom. The van der Waals surface area contributed by atoms with Gasteiger partial charge >= 0.3 is 5.97 Å². The number of nitrogens with one attached hydrogen (secondary N) is 2. The lowest BCUT2D eigenvalue weighted by Crippen LogP contribution is -2.21. The molecule has 0 spiro atoms. The van der Waals surface area contributed by atoms with Crippen LogP contribution in [0.5, 0.6) is 0 Å². The van der Waals surface area contributed by atoms with Crippen LogP contribution in [0.4, 0.5) is 0 Å². The highest BCUT2D eigenvalue weighted by molar-refractivity contribution is 5.68. The zero-order valence-electron chi connectivity index (χ0n) is 7.28. The van der Waals surface area contributed by atoms with Gasteiger partial charge in [-0.25, -0.2) is 4.98 Å². The number of aromatic amines is 1. The fraction of sp³-hybridized carbons (Fsp3) is 0.375. The summed E-state index contributed by atoms with van der Waals surface area (Å²) in [6.07, 6.45) is 1.23. The van der Waals surface area contributed by atoms with Gasteiger partial charge in [-0.05, 0) is 0 Å². The van der Waals surface area contributed by atoms with Crippen molar-refractivity contribution in [1.29, 1.82) is 0 Å². The molecule has 74 valence electrons. The second-order valence-electron chi connectivity index (χ2n) is 3.12. The second kappa shape index (κ2) is 3.22. The van der Waals surface area contributed by atoms with Gasteiger partial charge in [0.25, 0.3) is 5.56 Å². The average molecular weight is 195 g/mol.